The highest BCUT2D eigenvalue weighted by Crippen LogP contribution is 2.49. The molecule has 0 N–H and O–H groups in total. The molecule has 0 saturated carbocycles. The summed E-state index contributed by atoms with van der Waals surface area (Å²) >= 11 is 0. The molecule has 160 valence electrons. The summed E-state index contributed by atoms with van der Waals surface area (Å²) in [5.41, 5.74) is 2.16. The maximum atomic E-state index is 13.9. The van der Waals surface area contributed by atoms with Gasteiger partial charge in [0.15, 0.2) is 0 Å². The number of non-ortho nitro benzene ring substituents is 1. The van der Waals surface area contributed by atoms with Crippen molar-refractivity contribution in [1.82, 2.24) is 0 Å². The second-order valence-electron chi connectivity index (χ2n) is 8.09. The molecule has 2 aliphatic rings. The number of oxime groups is 1. The summed E-state index contributed by atoms with van der Waals surface area (Å²) in [7, 11) is 0. The van der Waals surface area contributed by atoms with Crippen molar-refractivity contribution >= 4 is 17.2 Å². The van der Waals surface area contributed by atoms with Gasteiger partial charge in [-0.25, -0.2) is 0 Å². The molecular weight excluding hydrogens is 408 g/mol. The van der Waals surface area contributed by atoms with Crippen LogP contribution in [-0.4, -0.2) is 28.1 Å². The highest BCUT2D eigenvalue weighted by Gasteiger charge is 2.62. The lowest BCUT2D eigenvalue weighted by Gasteiger charge is -2.40. The second-order valence-corrected chi connectivity index (χ2v) is 8.09. The molecule has 7 heteroatoms. The topological polar surface area (TPSA) is 91.0 Å². The number of carbonyl (C=O) groups is 1. The first kappa shape index (κ1) is 19.9. The van der Waals surface area contributed by atoms with E-state index in [1.54, 1.807) is 37.3 Å². The molecule has 0 saturated heterocycles. The number of benzene rings is 3. The van der Waals surface area contributed by atoms with Crippen molar-refractivity contribution in [2.75, 3.05) is 0 Å². The summed E-state index contributed by atoms with van der Waals surface area (Å²) in [6.45, 7) is 3.78. The summed E-state index contributed by atoms with van der Waals surface area (Å²) in [6, 6.07) is 21.0. The minimum Gasteiger partial charge on any atom is -0.485 e. The lowest BCUT2D eigenvalue weighted by Crippen LogP contribution is -2.58. The Morgan fingerprint density at radius 3 is 2.38 bits per heavy atom. The molecule has 5 rings (SSSR count). The predicted octanol–water partition coefficient (Wildman–Crippen LogP) is 4.82. The Labute approximate surface area is 184 Å². The normalized spacial score (nSPS) is 23.8. The van der Waals surface area contributed by atoms with Crippen LogP contribution >= 0.6 is 0 Å². The average molecular weight is 428 g/mol. The van der Waals surface area contributed by atoms with Crippen molar-refractivity contribution in [3.8, 4) is 5.75 Å². The van der Waals surface area contributed by atoms with Gasteiger partial charge in [-0.1, -0.05) is 59.3 Å². The zero-order chi connectivity index (χ0) is 22.5. The number of rotatable bonds is 3. The molecule has 3 aromatic rings. The fraction of sp³-hybridized carbons (Fsp3) is 0.200. The van der Waals surface area contributed by atoms with Crippen LogP contribution in [0.25, 0.3) is 0 Å². The minimum absolute atomic E-state index is 0.0276. The highest BCUT2D eigenvalue weighted by atomic mass is 16.7. The monoisotopic (exact) mass is 428 g/mol. The van der Waals surface area contributed by atoms with Crippen molar-refractivity contribution in [2.45, 2.75) is 31.5 Å². The van der Waals surface area contributed by atoms with Gasteiger partial charge >= 0.3 is 0 Å². The number of hydrogen-bond donors (Lipinski definition) is 0. The summed E-state index contributed by atoms with van der Waals surface area (Å²) in [6.07, 6.45) is -0.642. The third-order valence-corrected chi connectivity index (χ3v) is 6.18. The number of para-hydroxylation sites is 1. The van der Waals surface area contributed by atoms with E-state index in [2.05, 4.69) is 5.16 Å². The Hall–Kier alpha value is -4.00. The first-order valence-corrected chi connectivity index (χ1v) is 10.3. The number of ketones is 1. The molecule has 0 aromatic heterocycles. The van der Waals surface area contributed by atoms with Gasteiger partial charge in [-0.05, 0) is 31.5 Å². The SMILES string of the molecule is Cc1ccc(C2=NO[C@]3(C(=O)c4ccccc4O[C@@H]3C)[C@H]2c2ccc([N+](=O)[O-])cc2)cc1. The molecule has 0 bridgehead atoms. The second kappa shape index (κ2) is 7.30. The lowest BCUT2D eigenvalue weighted by atomic mass is 9.70. The molecule has 2 heterocycles. The van der Waals surface area contributed by atoms with E-state index >= 15 is 0 Å². The molecule has 3 aromatic carbocycles. The van der Waals surface area contributed by atoms with E-state index in [-0.39, 0.29) is 11.5 Å². The van der Waals surface area contributed by atoms with Crippen LogP contribution in [0.15, 0.2) is 78.0 Å². The van der Waals surface area contributed by atoms with Crippen LogP contribution in [0, 0.1) is 17.0 Å². The number of hydrogen-bond acceptors (Lipinski definition) is 6. The van der Waals surface area contributed by atoms with E-state index in [4.69, 9.17) is 9.57 Å². The van der Waals surface area contributed by atoms with Gasteiger partial charge in [-0.3, -0.25) is 14.9 Å². The van der Waals surface area contributed by atoms with E-state index in [0.29, 0.717) is 22.6 Å². The van der Waals surface area contributed by atoms with Crippen molar-refractivity contribution in [1.29, 1.82) is 0 Å². The Morgan fingerprint density at radius 1 is 1.00 bits per heavy atom. The quantitative estimate of drug-likeness (QED) is 0.440. The van der Waals surface area contributed by atoms with Crippen LogP contribution < -0.4 is 4.74 Å². The highest BCUT2D eigenvalue weighted by molar-refractivity contribution is 6.15. The fourth-order valence-electron chi connectivity index (χ4n) is 4.48. The molecule has 0 unspecified atom stereocenters. The standard InChI is InChI=1S/C25H20N2O5/c1-15-7-9-18(10-8-15)23-22(17-11-13-19(14-12-17)27(29)30)25(32-26-23)16(2)31-21-6-4-3-5-20(21)24(25)28/h3-14,16,22H,1-2H3/t16-,22+,25+/m1/s1. The van der Waals surface area contributed by atoms with Crippen LogP contribution in [0.3, 0.4) is 0 Å². The van der Waals surface area contributed by atoms with E-state index in [1.807, 2.05) is 37.3 Å². The number of nitrogens with zero attached hydrogens (tertiary/aromatic N) is 2. The smallest absolute Gasteiger partial charge is 0.269 e. The molecule has 2 aliphatic heterocycles. The van der Waals surface area contributed by atoms with E-state index in [9.17, 15) is 14.9 Å². The van der Waals surface area contributed by atoms with Crippen molar-refractivity contribution in [3.63, 3.8) is 0 Å². The van der Waals surface area contributed by atoms with E-state index in [0.717, 1.165) is 11.1 Å². The number of nitro benzene ring substituents is 1. The Bertz CT molecular complexity index is 1250. The Morgan fingerprint density at radius 2 is 1.69 bits per heavy atom. The zero-order valence-corrected chi connectivity index (χ0v) is 17.5. The maximum absolute atomic E-state index is 13.9. The average Bonchev–Trinajstić information content (AvgIpc) is 3.20. The third kappa shape index (κ3) is 2.89. The van der Waals surface area contributed by atoms with E-state index < -0.39 is 22.5 Å². The van der Waals surface area contributed by atoms with Crippen LogP contribution in [0.2, 0.25) is 0 Å². The van der Waals surface area contributed by atoms with Crippen LogP contribution in [0.4, 0.5) is 5.69 Å². The van der Waals surface area contributed by atoms with Crippen LogP contribution in [0.5, 0.6) is 5.75 Å². The molecule has 0 radical (unpaired) electrons. The number of ether oxygens (including phenoxy) is 1. The summed E-state index contributed by atoms with van der Waals surface area (Å²) in [5.74, 6) is -0.326. The van der Waals surface area contributed by atoms with Gasteiger partial charge in [0.1, 0.15) is 11.9 Å². The van der Waals surface area contributed by atoms with Crippen LogP contribution in [-0.2, 0) is 4.84 Å². The van der Waals surface area contributed by atoms with Gasteiger partial charge in [0.05, 0.1) is 22.1 Å². The van der Waals surface area contributed by atoms with Gasteiger partial charge in [0.25, 0.3) is 5.69 Å². The first-order valence-electron chi connectivity index (χ1n) is 10.3. The first-order chi connectivity index (χ1) is 15.4. The largest absolute Gasteiger partial charge is 0.485 e. The molecule has 3 atom stereocenters. The lowest BCUT2D eigenvalue weighted by molar-refractivity contribution is -0.384. The minimum atomic E-state index is -1.43. The predicted molar refractivity (Wildman–Crippen MR) is 118 cm³/mol. The zero-order valence-electron chi connectivity index (χ0n) is 17.5. The third-order valence-electron chi connectivity index (χ3n) is 6.18. The van der Waals surface area contributed by atoms with Crippen molar-refractivity contribution < 1.29 is 19.3 Å². The molecule has 32 heavy (non-hydrogen) atoms. The molecule has 0 fully saturated rings. The van der Waals surface area contributed by atoms with Crippen molar-refractivity contribution in [3.05, 3.63) is 105 Å². The number of Topliss-reactive ketones (excluding diaryl/α,β-unsaturated/α-hetero) is 1. The molecular formula is C25H20N2O5. The van der Waals surface area contributed by atoms with Crippen LogP contribution in [0.1, 0.15) is 39.9 Å². The van der Waals surface area contributed by atoms with Crippen molar-refractivity contribution in [2.24, 2.45) is 5.16 Å². The number of fused-ring (bicyclic) bond motifs is 1. The number of nitro groups is 1. The summed E-state index contributed by atoms with van der Waals surface area (Å²) < 4.78 is 6.13. The van der Waals surface area contributed by atoms with Gasteiger partial charge in [-0.2, -0.15) is 0 Å². The molecule has 1 spiro atoms. The number of aryl methyl sites for hydroxylation is 1. The Balaban J connectivity index is 1.68. The summed E-state index contributed by atoms with van der Waals surface area (Å²) in [4.78, 5) is 30.6. The molecule has 0 amide bonds. The maximum Gasteiger partial charge on any atom is 0.269 e. The van der Waals surface area contributed by atoms with Gasteiger partial charge < -0.3 is 9.57 Å². The van der Waals surface area contributed by atoms with E-state index in [1.165, 1.54) is 12.1 Å². The molecule has 0 aliphatic carbocycles. The fourth-order valence-corrected chi connectivity index (χ4v) is 4.48. The Kier molecular flexibility index (Phi) is 4.55. The summed E-state index contributed by atoms with van der Waals surface area (Å²) in [5, 5.41) is 15.6. The van der Waals surface area contributed by atoms with Gasteiger partial charge in [0, 0.05) is 17.7 Å². The molecule has 7 nitrogen and oxygen atoms in total. The van der Waals surface area contributed by atoms with Gasteiger partial charge in [-0.15, -0.1) is 0 Å². The number of carbonyl (C=O) groups excluding carboxylic acids is 1. The van der Waals surface area contributed by atoms with Gasteiger partial charge in [0.2, 0.25) is 11.4 Å².